The van der Waals surface area contributed by atoms with Gasteiger partial charge in [-0.2, -0.15) is 0 Å². The Labute approximate surface area is 160 Å². The summed E-state index contributed by atoms with van der Waals surface area (Å²) in [4.78, 5) is 27.3. The van der Waals surface area contributed by atoms with Gasteiger partial charge in [0.25, 0.3) is 0 Å². The number of carbonyl (C=O) groups excluding carboxylic acids is 2. The van der Waals surface area contributed by atoms with Crippen LogP contribution in [0.1, 0.15) is 36.8 Å². The van der Waals surface area contributed by atoms with Gasteiger partial charge in [0.05, 0.1) is 0 Å². The Morgan fingerprint density at radius 1 is 0.963 bits per heavy atom. The number of hydrogen-bond acceptors (Lipinski definition) is 2. The number of amides is 2. The van der Waals surface area contributed by atoms with Crippen LogP contribution in [0.25, 0.3) is 0 Å². The number of nitrogens with one attached hydrogen (secondary N) is 1. The quantitative estimate of drug-likeness (QED) is 0.853. The van der Waals surface area contributed by atoms with Gasteiger partial charge in [0.1, 0.15) is 5.92 Å². The minimum Gasteiger partial charge on any atom is -0.355 e. The number of piperidine rings is 2. The zero-order valence-corrected chi connectivity index (χ0v) is 15.6. The number of carbonyl (C=O) groups is 2. The van der Waals surface area contributed by atoms with Crippen LogP contribution in [-0.4, -0.2) is 36.3 Å². The molecule has 0 radical (unpaired) electrons. The predicted molar refractivity (Wildman–Crippen MR) is 105 cm³/mol. The lowest BCUT2D eigenvalue weighted by molar-refractivity contribution is -0.145. The van der Waals surface area contributed by atoms with Gasteiger partial charge in [-0.25, -0.2) is 0 Å². The van der Waals surface area contributed by atoms with Crippen LogP contribution >= 0.6 is 0 Å². The normalized spacial score (nSPS) is 22.1. The lowest BCUT2D eigenvalue weighted by Gasteiger charge is -2.45. The smallest absolute Gasteiger partial charge is 0.235 e. The van der Waals surface area contributed by atoms with Gasteiger partial charge in [-0.3, -0.25) is 9.59 Å². The fourth-order valence-electron chi connectivity index (χ4n) is 4.62. The van der Waals surface area contributed by atoms with Gasteiger partial charge in [-0.15, -0.1) is 0 Å². The second kappa shape index (κ2) is 7.55. The molecule has 0 spiro atoms. The summed E-state index contributed by atoms with van der Waals surface area (Å²) in [5, 5.41) is 2.85. The molecule has 0 bridgehead atoms. The SMILES string of the molecule is O=C1NCCC[C@H]1C(=O)N1CCCC(c2ccccc2)(c2ccccc2)C1. The van der Waals surface area contributed by atoms with Gasteiger partial charge in [-0.05, 0) is 36.8 Å². The zero-order chi connectivity index (χ0) is 18.7. The van der Waals surface area contributed by atoms with Crippen molar-refractivity contribution in [1.29, 1.82) is 0 Å². The summed E-state index contributed by atoms with van der Waals surface area (Å²) in [5.41, 5.74) is 2.25. The fraction of sp³-hybridized carbons (Fsp3) is 0.391. The average molecular weight is 362 g/mol. The van der Waals surface area contributed by atoms with E-state index >= 15 is 0 Å². The van der Waals surface area contributed by atoms with Crippen molar-refractivity contribution in [2.24, 2.45) is 5.92 Å². The maximum absolute atomic E-state index is 13.2. The minimum atomic E-state index is -0.527. The first-order valence-corrected chi connectivity index (χ1v) is 9.88. The molecule has 4 heteroatoms. The highest BCUT2D eigenvalue weighted by atomic mass is 16.2. The van der Waals surface area contributed by atoms with Crippen molar-refractivity contribution >= 4 is 11.8 Å². The predicted octanol–water partition coefficient (Wildman–Crippen LogP) is 3.12. The fourth-order valence-corrected chi connectivity index (χ4v) is 4.62. The van der Waals surface area contributed by atoms with Gasteiger partial charge in [0, 0.05) is 25.0 Å². The molecule has 2 saturated heterocycles. The molecule has 2 fully saturated rings. The first-order chi connectivity index (χ1) is 13.2. The molecule has 1 N–H and O–H groups in total. The lowest BCUT2D eigenvalue weighted by Crippen LogP contribution is -2.53. The molecule has 4 nitrogen and oxygen atoms in total. The molecule has 27 heavy (non-hydrogen) atoms. The van der Waals surface area contributed by atoms with Crippen molar-refractivity contribution in [2.75, 3.05) is 19.6 Å². The average Bonchev–Trinajstić information content (AvgIpc) is 2.75. The van der Waals surface area contributed by atoms with E-state index in [1.807, 2.05) is 17.0 Å². The number of nitrogens with zero attached hydrogens (tertiary/aromatic N) is 1. The summed E-state index contributed by atoms with van der Waals surface area (Å²) in [6.45, 7) is 2.04. The van der Waals surface area contributed by atoms with Crippen molar-refractivity contribution in [3.8, 4) is 0 Å². The number of benzene rings is 2. The van der Waals surface area contributed by atoms with Crippen molar-refractivity contribution < 1.29 is 9.59 Å². The van der Waals surface area contributed by atoms with Crippen LogP contribution in [0.3, 0.4) is 0 Å². The van der Waals surface area contributed by atoms with Crippen molar-refractivity contribution in [3.63, 3.8) is 0 Å². The van der Waals surface area contributed by atoms with Gasteiger partial charge in [-0.1, -0.05) is 60.7 Å². The summed E-state index contributed by atoms with van der Waals surface area (Å²) in [6, 6.07) is 21.0. The molecule has 0 saturated carbocycles. The standard InChI is InChI=1S/C23H26N2O2/c26-21-20(13-7-15-24-21)22(27)25-16-8-14-23(17-25,18-9-3-1-4-10-18)19-11-5-2-6-12-19/h1-6,9-12,20H,7-8,13-17H2,(H,24,26)/t20-/m1/s1. The van der Waals surface area contributed by atoms with Crippen molar-refractivity contribution in [1.82, 2.24) is 10.2 Å². The summed E-state index contributed by atoms with van der Waals surface area (Å²) < 4.78 is 0. The Hall–Kier alpha value is -2.62. The van der Waals surface area contributed by atoms with E-state index in [0.29, 0.717) is 19.5 Å². The Morgan fingerprint density at radius 3 is 2.19 bits per heavy atom. The van der Waals surface area contributed by atoms with Crippen LogP contribution < -0.4 is 5.32 Å². The lowest BCUT2D eigenvalue weighted by atomic mass is 9.69. The van der Waals surface area contributed by atoms with Crippen molar-refractivity contribution in [3.05, 3.63) is 71.8 Å². The first-order valence-electron chi connectivity index (χ1n) is 9.88. The van der Waals surface area contributed by atoms with Crippen LogP contribution in [0.5, 0.6) is 0 Å². The van der Waals surface area contributed by atoms with Gasteiger partial charge >= 0.3 is 0 Å². The van der Waals surface area contributed by atoms with Gasteiger partial charge in [0.15, 0.2) is 0 Å². The van der Waals surface area contributed by atoms with Crippen molar-refractivity contribution in [2.45, 2.75) is 31.1 Å². The van der Waals surface area contributed by atoms with Gasteiger partial charge < -0.3 is 10.2 Å². The molecule has 2 aromatic rings. The summed E-state index contributed by atoms with van der Waals surface area (Å²) >= 11 is 0. The number of hydrogen-bond donors (Lipinski definition) is 1. The zero-order valence-electron chi connectivity index (χ0n) is 15.6. The monoisotopic (exact) mass is 362 g/mol. The molecule has 2 amide bonds. The Bertz CT molecular complexity index is 764. The van der Waals surface area contributed by atoms with E-state index in [4.69, 9.17) is 0 Å². The van der Waals surface area contributed by atoms with Gasteiger partial charge in [0.2, 0.25) is 11.8 Å². The minimum absolute atomic E-state index is 0.0110. The van der Waals surface area contributed by atoms with Crippen LogP contribution in [0.15, 0.2) is 60.7 Å². The molecule has 4 rings (SSSR count). The topological polar surface area (TPSA) is 49.4 Å². The largest absolute Gasteiger partial charge is 0.355 e. The van der Waals surface area contributed by atoms with E-state index in [9.17, 15) is 9.59 Å². The highest BCUT2D eigenvalue weighted by Crippen LogP contribution is 2.40. The van der Waals surface area contributed by atoms with E-state index in [0.717, 1.165) is 25.8 Å². The van der Waals surface area contributed by atoms with E-state index in [1.165, 1.54) is 11.1 Å². The molecule has 1 atom stereocenters. The van der Waals surface area contributed by atoms with E-state index in [-0.39, 0.29) is 17.2 Å². The number of likely N-dealkylation sites (tertiary alicyclic amines) is 1. The third-order valence-electron chi connectivity index (χ3n) is 6.04. The summed E-state index contributed by atoms with van der Waals surface area (Å²) in [6.07, 6.45) is 3.47. The van der Waals surface area contributed by atoms with Crippen LogP contribution in [0.4, 0.5) is 0 Å². The Morgan fingerprint density at radius 2 is 1.59 bits per heavy atom. The molecule has 0 unspecified atom stereocenters. The highest BCUT2D eigenvalue weighted by Gasteiger charge is 2.42. The summed E-state index contributed by atoms with van der Waals surface area (Å²) in [7, 11) is 0. The Kier molecular flexibility index (Phi) is 4.97. The summed E-state index contributed by atoms with van der Waals surface area (Å²) in [5.74, 6) is -0.647. The second-order valence-electron chi connectivity index (χ2n) is 7.66. The molecule has 0 aliphatic carbocycles. The van der Waals surface area contributed by atoms with Crippen LogP contribution in [-0.2, 0) is 15.0 Å². The van der Waals surface area contributed by atoms with E-state index < -0.39 is 5.92 Å². The molecule has 2 aliphatic rings. The highest BCUT2D eigenvalue weighted by molar-refractivity contribution is 6.00. The van der Waals surface area contributed by atoms with Crippen LogP contribution in [0, 0.1) is 5.92 Å². The maximum Gasteiger partial charge on any atom is 0.235 e. The number of rotatable bonds is 3. The molecule has 2 aromatic carbocycles. The second-order valence-corrected chi connectivity index (χ2v) is 7.66. The maximum atomic E-state index is 13.2. The molecule has 2 heterocycles. The van der Waals surface area contributed by atoms with Crippen LogP contribution in [0.2, 0.25) is 0 Å². The third kappa shape index (κ3) is 3.36. The Balaban J connectivity index is 1.68. The third-order valence-corrected chi connectivity index (χ3v) is 6.04. The van der Waals surface area contributed by atoms with E-state index in [2.05, 4.69) is 53.8 Å². The first kappa shape index (κ1) is 17.8. The molecular formula is C23H26N2O2. The molecule has 2 aliphatic heterocycles. The molecule has 140 valence electrons. The molecular weight excluding hydrogens is 336 g/mol. The van der Waals surface area contributed by atoms with E-state index in [1.54, 1.807) is 0 Å². The molecule has 0 aromatic heterocycles.